The van der Waals surface area contributed by atoms with Gasteiger partial charge in [0.1, 0.15) is 4.21 Å². The molecule has 1 aromatic heterocycles. The lowest BCUT2D eigenvalue weighted by Gasteiger charge is -2.06. The van der Waals surface area contributed by atoms with Gasteiger partial charge in [-0.25, -0.2) is 26.3 Å². The van der Waals surface area contributed by atoms with Crippen molar-refractivity contribution in [2.75, 3.05) is 18.8 Å². The number of hydrogen-bond donors (Lipinski definition) is 3. The van der Waals surface area contributed by atoms with Crippen molar-refractivity contribution >= 4 is 31.4 Å². The highest BCUT2D eigenvalue weighted by Crippen LogP contribution is 2.20. The van der Waals surface area contributed by atoms with E-state index in [0.717, 1.165) is 16.2 Å². The van der Waals surface area contributed by atoms with E-state index in [4.69, 9.17) is 5.73 Å². The van der Waals surface area contributed by atoms with Gasteiger partial charge in [0.2, 0.25) is 20.0 Å². The summed E-state index contributed by atoms with van der Waals surface area (Å²) in [6.07, 6.45) is 0. The highest BCUT2D eigenvalue weighted by molar-refractivity contribution is 7.92. The van der Waals surface area contributed by atoms with Crippen LogP contribution in [-0.2, 0) is 26.6 Å². The van der Waals surface area contributed by atoms with E-state index in [1.807, 2.05) is 0 Å². The molecule has 1 heterocycles. The first-order valence-electron chi connectivity index (χ1n) is 5.56. The Hall–Kier alpha value is -0.520. The molecule has 1 rings (SSSR count). The summed E-state index contributed by atoms with van der Waals surface area (Å²) in [7, 11) is -7.10. The maximum Gasteiger partial charge on any atom is 0.250 e. The summed E-state index contributed by atoms with van der Waals surface area (Å²) < 4.78 is 51.1. The SMILES string of the molecule is CCNS(=O)(=O)CCNS(=O)(=O)c1ccc(CN)s1. The van der Waals surface area contributed by atoms with Crippen LogP contribution in [-0.4, -0.2) is 35.7 Å². The number of nitrogens with two attached hydrogens (primary N) is 1. The fraction of sp³-hybridized carbons (Fsp3) is 0.556. The van der Waals surface area contributed by atoms with Crippen LogP contribution in [0.15, 0.2) is 16.3 Å². The molecule has 0 radical (unpaired) electrons. The Morgan fingerprint density at radius 3 is 2.42 bits per heavy atom. The predicted molar refractivity (Wildman–Crippen MR) is 74.9 cm³/mol. The van der Waals surface area contributed by atoms with Gasteiger partial charge in [-0.1, -0.05) is 6.92 Å². The third kappa shape index (κ3) is 5.16. The molecule has 0 saturated carbocycles. The average Bonchev–Trinajstić information content (AvgIpc) is 2.77. The van der Waals surface area contributed by atoms with Crippen LogP contribution in [0.5, 0.6) is 0 Å². The van der Waals surface area contributed by atoms with E-state index in [9.17, 15) is 16.8 Å². The molecule has 19 heavy (non-hydrogen) atoms. The van der Waals surface area contributed by atoms with Crippen LogP contribution < -0.4 is 15.2 Å². The Labute approximate surface area is 117 Å². The first kappa shape index (κ1) is 16.5. The molecular formula is C9H17N3O4S3. The average molecular weight is 327 g/mol. The number of hydrogen-bond acceptors (Lipinski definition) is 6. The molecule has 0 aromatic carbocycles. The molecule has 0 fully saturated rings. The van der Waals surface area contributed by atoms with Gasteiger partial charge < -0.3 is 5.73 Å². The summed E-state index contributed by atoms with van der Waals surface area (Å²) in [6.45, 7) is 2.03. The normalized spacial score (nSPS) is 12.7. The molecule has 0 atom stereocenters. The zero-order chi connectivity index (χ0) is 14.5. The number of nitrogens with one attached hydrogen (secondary N) is 2. The lowest BCUT2D eigenvalue weighted by molar-refractivity contribution is 0.577. The topological polar surface area (TPSA) is 118 Å². The quantitative estimate of drug-likeness (QED) is 0.590. The smallest absolute Gasteiger partial charge is 0.250 e. The molecular weight excluding hydrogens is 310 g/mol. The molecule has 0 unspecified atom stereocenters. The third-order valence-electron chi connectivity index (χ3n) is 2.13. The summed E-state index contributed by atoms with van der Waals surface area (Å²) in [4.78, 5) is 0.751. The van der Waals surface area contributed by atoms with Crippen molar-refractivity contribution < 1.29 is 16.8 Å². The van der Waals surface area contributed by atoms with E-state index >= 15 is 0 Å². The van der Waals surface area contributed by atoms with Gasteiger partial charge in [-0.2, -0.15) is 0 Å². The monoisotopic (exact) mass is 327 g/mol. The first-order chi connectivity index (χ1) is 8.80. The fourth-order valence-corrected chi connectivity index (χ4v) is 4.68. The van der Waals surface area contributed by atoms with Crippen LogP contribution in [0.4, 0.5) is 0 Å². The molecule has 0 aliphatic rings. The molecule has 0 aliphatic heterocycles. The van der Waals surface area contributed by atoms with Gasteiger partial charge in [0.05, 0.1) is 5.75 Å². The lowest BCUT2D eigenvalue weighted by Crippen LogP contribution is -2.34. The highest BCUT2D eigenvalue weighted by atomic mass is 32.2. The van der Waals surface area contributed by atoms with Gasteiger partial charge in [-0.05, 0) is 12.1 Å². The van der Waals surface area contributed by atoms with Crippen molar-refractivity contribution in [1.82, 2.24) is 9.44 Å². The van der Waals surface area contributed by atoms with Crippen molar-refractivity contribution in [1.29, 1.82) is 0 Å². The minimum Gasteiger partial charge on any atom is -0.326 e. The fourth-order valence-electron chi connectivity index (χ4n) is 1.29. The predicted octanol–water partition coefficient (Wildman–Crippen LogP) is -0.576. The summed E-state index contributed by atoms with van der Waals surface area (Å²) in [6, 6.07) is 3.09. The van der Waals surface area contributed by atoms with E-state index in [-0.39, 0.29) is 29.6 Å². The van der Waals surface area contributed by atoms with Crippen molar-refractivity contribution in [2.45, 2.75) is 17.7 Å². The Balaban J connectivity index is 2.61. The van der Waals surface area contributed by atoms with Gasteiger partial charge in [0, 0.05) is 24.5 Å². The molecule has 0 saturated heterocycles. The zero-order valence-electron chi connectivity index (χ0n) is 10.4. The Bertz CT molecular complexity index is 606. The van der Waals surface area contributed by atoms with Crippen LogP contribution in [0.2, 0.25) is 0 Å². The van der Waals surface area contributed by atoms with Crippen LogP contribution in [0.3, 0.4) is 0 Å². The van der Waals surface area contributed by atoms with Crippen molar-refractivity contribution in [2.24, 2.45) is 5.73 Å². The van der Waals surface area contributed by atoms with E-state index in [1.54, 1.807) is 13.0 Å². The van der Waals surface area contributed by atoms with E-state index in [1.165, 1.54) is 6.07 Å². The molecule has 0 spiro atoms. The molecule has 0 bridgehead atoms. The standard InChI is InChI=1S/C9H17N3O4S3/c1-2-11-18(13,14)6-5-12-19(15,16)9-4-3-8(7-10)17-9/h3-4,11-12H,2,5-7,10H2,1H3. The number of sulfonamides is 2. The molecule has 0 amide bonds. The van der Waals surface area contributed by atoms with Gasteiger partial charge in [0.25, 0.3) is 0 Å². The lowest BCUT2D eigenvalue weighted by atomic mass is 10.5. The van der Waals surface area contributed by atoms with Gasteiger partial charge in [-0.3, -0.25) is 0 Å². The Morgan fingerprint density at radius 2 is 1.89 bits per heavy atom. The summed E-state index contributed by atoms with van der Waals surface area (Å²) in [5, 5.41) is 0. The second-order valence-corrected chi connectivity index (χ2v) is 8.73. The molecule has 1 aromatic rings. The van der Waals surface area contributed by atoms with Crippen LogP contribution in [0.25, 0.3) is 0 Å². The van der Waals surface area contributed by atoms with Crippen LogP contribution >= 0.6 is 11.3 Å². The Kier molecular flexibility index (Phi) is 5.89. The maximum atomic E-state index is 11.8. The minimum absolute atomic E-state index is 0.133. The van der Waals surface area contributed by atoms with Gasteiger partial charge in [-0.15, -0.1) is 11.3 Å². The summed E-state index contributed by atoms with van der Waals surface area (Å²) in [5.74, 6) is -0.296. The van der Waals surface area contributed by atoms with Crippen molar-refractivity contribution in [3.63, 3.8) is 0 Å². The van der Waals surface area contributed by atoms with E-state index in [0.29, 0.717) is 0 Å². The van der Waals surface area contributed by atoms with Gasteiger partial charge in [0.15, 0.2) is 0 Å². The van der Waals surface area contributed by atoms with E-state index < -0.39 is 20.0 Å². The van der Waals surface area contributed by atoms with E-state index in [2.05, 4.69) is 9.44 Å². The second-order valence-electron chi connectivity index (χ2n) is 3.64. The molecule has 7 nitrogen and oxygen atoms in total. The third-order valence-corrected chi connectivity index (χ3v) is 6.66. The highest BCUT2D eigenvalue weighted by Gasteiger charge is 2.17. The minimum atomic E-state index is -3.67. The number of thiophene rings is 1. The molecule has 10 heteroatoms. The first-order valence-corrected chi connectivity index (χ1v) is 9.51. The maximum absolute atomic E-state index is 11.8. The summed E-state index contributed by atoms with van der Waals surface area (Å²) in [5.41, 5.74) is 5.40. The second kappa shape index (κ2) is 6.77. The zero-order valence-corrected chi connectivity index (χ0v) is 12.9. The van der Waals surface area contributed by atoms with Crippen molar-refractivity contribution in [3.05, 3.63) is 17.0 Å². The van der Waals surface area contributed by atoms with Gasteiger partial charge >= 0.3 is 0 Å². The Morgan fingerprint density at radius 1 is 1.21 bits per heavy atom. The largest absolute Gasteiger partial charge is 0.326 e. The summed E-state index contributed by atoms with van der Waals surface area (Å²) >= 11 is 1.07. The molecule has 110 valence electrons. The molecule has 0 aliphatic carbocycles. The van der Waals surface area contributed by atoms with Crippen LogP contribution in [0, 0.1) is 0 Å². The van der Waals surface area contributed by atoms with Crippen LogP contribution in [0.1, 0.15) is 11.8 Å². The molecule has 4 N–H and O–H groups in total. The number of rotatable bonds is 8. The van der Waals surface area contributed by atoms with Crippen molar-refractivity contribution in [3.8, 4) is 0 Å².